The zero-order chi connectivity index (χ0) is 23.9. The van der Waals surface area contributed by atoms with Crippen LogP contribution in [0.1, 0.15) is 12.5 Å². The fourth-order valence-corrected chi connectivity index (χ4v) is 3.41. The highest BCUT2D eigenvalue weighted by Gasteiger charge is 2.11. The summed E-state index contributed by atoms with van der Waals surface area (Å²) in [7, 11) is 0. The van der Waals surface area contributed by atoms with Crippen molar-refractivity contribution < 1.29 is 18.7 Å². The molecule has 176 valence electrons. The summed E-state index contributed by atoms with van der Waals surface area (Å²) in [5, 5.41) is 7.32. The largest absolute Gasteiger partial charge is 0.494 e. The van der Waals surface area contributed by atoms with Gasteiger partial charge < -0.3 is 14.8 Å². The number of carbonyl (C=O) groups excluding carboxylic acids is 1. The zero-order valence-electron chi connectivity index (χ0n) is 18.6. The fraction of sp³-hybridized carbons (Fsp3) is 0.250. The monoisotopic (exact) mass is 465 g/mol. The highest BCUT2D eigenvalue weighted by Crippen LogP contribution is 2.17. The van der Waals surface area contributed by atoms with Crippen LogP contribution in [0.25, 0.3) is 11.0 Å². The van der Waals surface area contributed by atoms with Crippen LogP contribution in [0, 0.1) is 5.82 Å². The molecule has 0 bridgehead atoms. The van der Waals surface area contributed by atoms with E-state index < -0.39 is 0 Å². The van der Waals surface area contributed by atoms with Gasteiger partial charge in [0.2, 0.25) is 0 Å². The molecule has 0 aliphatic heterocycles. The lowest BCUT2D eigenvalue weighted by atomic mass is 10.2. The van der Waals surface area contributed by atoms with E-state index in [0.717, 1.165) is 5.75 Å². The summed E-state index contributed by atoms with van der Waals surface area (Å²) >= 11 is 0. The number of hydrogen-bond donors (Lipinski definition) is 1. The number of rotatable bonds is 10. The lowest BCUT2D eigenvalue weighted by Gasteiger charge is -2.09. The molecule has 0 aliphatic rings. The molecule has 0 saturated carbocycles. The van der Waals surface area contributed by atoms with Crippen molar-refractivity contribution in [2.24, 2.45) is 0 Å². The van der Waals surface area contributed by atoms with Crippen molar-refractivity contribution >= 4 is 16.9 Å². The Morgan fingerprint density at radius 2 is 1.88 bits per heavy atom. The van der Waals surface area contributed by atoms with Crippen molar-refractivity contribution in [2.75, 3.05) is 19.8 Å². The van der Waals surface area contributed by atoms with Gasteiger partial charge in [0.1, 0.15) is 29.0 Å². The molecule has 2 heterocycles. The van der Waals surface area contributed by atoms with Crippen molar-refractivity contribution in [1.82, 2.24) is 24.6 Å². The molecule has 0 unspecified atom stereocenters. The molecule has 4 rings (SSSR count). The lowest BCUT2D eigenvalue weighted by Crippen LogP contribution is -2.31. The summed E-state index contributed by atoms with van der Waals surface area (Å²) in [5.41, 5.74) is 0.805. The van der Waals surface area contributed by atoms with Gasteiger partial charge in [-0.15, -0.1) is 0 Å². The molecule has 0 aliphatic carbocycles. The Balaban J connectivity index is 1.30. The highest BCUT2D eigenvalue weighted by atomic mass is 19.1. The number of benzene rings is 2. The Kier molecular flexibility index (Phi) is 7.16. The summed E-state index contributed by atoms with van der Waals surface area (Å²) < 4.78 is 27.2. The van der Waals surface area contributed by atoms with Crippen LogP contribution in [0.3, 0.4) is 0 Å². The lowest BCUT2D eigenvalue weighted by molar-refractivity contribution is -0.123. The van der Waals surface area contributed by atoms with Crippen LogP contribution >= 0.6 is 0 Å². The predicted molar refractivity (Wildman–Crippen MR) is 123 cm³/mol. The fourth-order valence-electron chi connectivity index (χ4n) is 3.41. The second-order valence-electron chi connectivity index (χ2n) is 7.46. The van der Waals surface area contributed by atoms with Crippen LogP contribution in [0.15, 0.2) is 65.8 Å². The molecule has 9 nitrogen and oxygen atoms in total. The van der Waals surface area contributed by atoms with Gasteiger partial charge in [0.05, 0.1) is 25.9 Å². The Labute approximate surface area is 194 Å². The number of aromatic nitrogens is 4. The predicted octanol–water partition coefficient (Wildman–Crippen LogP) is 2.37. The molecule has 34 heavy (non-hydrogen) atoms. The van der Waals surface area contributed by atoms with Crippen LogP contribution in [-0.2, 0) is 17.9 Å². The molecule has 0 fully saturated rings. The number of amides is 1. The number of hydrogen-bond acceptors (Lipinski definition) is 6. The van der Waals surface area contributed by atoms with Gasteiger partial charge in [0.25, 0.3) is 11.5 Å². The first-order valence-electron chi connectivity index (χ1n) is 10.8. The molecule has 0 radical (unpaired) electrons. The summed E-state index contributed by atoms with van der Waals surface area (Å²) in [4.78, 5) is 29.2. The van der Waals surface area contributed by atoms with Gasteiger partial charge in [-0.2, -0.15) is 5.10 Å². The Morgan fingerprint density at radius 3 is 2.62 bits per heavy atom. The van der Waals surface area contributed by atoms with E-state index in [9.17, 15) is 14.0 Å². The standard InChI is InChI=1S/C24H24FN5O4/c1-2-33-19-6-8-20(9-7-19)34-15-22(31)26-10-11-30-23-21(13-28-30)24(32)29(16-27-23)14-17-4-3-5-18(25)12-17/h3-9,12-13,16H,2,10-11,14-15H2,1H3,(H,26,31). The summed E-state index contributed by atoms with van der Waals surface area (Å²) in [6, 6.07) is 13.1. The third-order valence-electron chi connectivity index (χ3n) is 5.01. The topological polar surface area (TPSA) is 100 Å². The average Bonchev–Trinajstić information content (AvgIpc) is 3.24. The maximum absolute atomic E-state index is 13.4. The second kappa shape index (κ2) is 10.6. The summed E-state index contributed by atoms with van der Waals surface area (Å²) in [6.45, 7) is 3.18. The first kappa shape index (κ1) is 23.0. The number of carbonyl (C=O) groups is 1. The van der Waals surface area contributed by atoms with Gasteiger partial charge in [-0.25, -0.2) is 14.1 Å². The number of ether oxygens (including phenoxy) is 2. The third-order valence-corrected chi connectivity index (χ3v) is 5.01. The molecule has 1 amide bonds. The molecule has 2 aromatic heterocycles. The number of nitrogens with zero attached hydrogens (tertiary/aromatic N) is 4. The van der Waals surface area contributed by atoms with E-state index in [-0.39, 0.29) is 37.0 Å². The van der Waals surface area contributed by atoms with Crippen LogP contribution < -0.4 is 20.3 Å². The van der Waals surface area contributed by atoms with E-state index in [1.807, 2.05) is 6.92 Å². The van der Waals surface area contributed by atoms with Crippen molar-refractivity contribution in [3.63, 3.8) is 0 Å². The van der Waals surface area contributed by atoms with E-state index in [2.05, 4.69) is 15.4 Å². The Hall–Kier alpha value is -4.21. The first-order chi connectivity index (χ1) is 16.5. The number of fused-ring (bicyclic) bond motifs is 1. The van der Waals surface area contributed by atoms with E-state index in [1.165, 1.54) is 29.2 Å². The van der Waals surface area contributed by atoms with Gasteiger partial charge in [-0.05, 0) is 48.9 Å². The maximum atomic E-state index is 13.4. The summed E-state index contributed by atoms with van der Waals surface area (Å²) in [5.74, 6) is 0.658. The SMILES string of the molecule is CCOc1ccc(OCC(=O)NCCn2ncc3c(=O)n(Cc4cccc(F)c4)cnc32)cc1. The molecule has 0 atom stereocenters. The van der Waals surface area contributed by atoms with Crippen LogP contribution in [-0.4, -0.2) is 45.0 Å². The smallest absolute Gasteiger partial charge is 0.264 e. The molecular formula is C24H24FN5O4. The minimum absolute atomic E-state index is 0.128. The average molecular weight is 465 g/mol. The molecule has 1 N–H and O–H groups in total. The van der Waals surface area contributed by atoms with E-state index in [1.54, 1.807) is 41.1 Å². The van der Waals surface area contributed by atoms with Crippen LogP contribution in [0.2, 0.25) is 0 Å². The van der Waals surface area contributed by atoms with Crippen LogP contribution in [0.5, 0.6) is 11.5 Å². The second-order valence-corrected chi connectivity index (χ2v) is 7.46. The maximum Gasteiger partial charge on any atom is 0.264 e. The molecule has 2 aromatic carbocycles. The van der Waals surface area contributed by atoms with E-state index in [4.69, 9.17) is 9.47 Å². The van der Waals surface area contributed by atoms with E-state index in [0.29, 0.717) is 35.5 Å². The minimum Gasteiger partial charge on any atom is -0.494 e. The normalized spacial score (nSPS) is 10.9. The van der Waals surface area contributed by atoms with Gasteiger partial charge in [-0.1, -0.05) is 12.1 Å². The molecule has 4 aromatic rings. The molecule has 0 spiro atoms. The van der Waals surface area contributed by atoms with Crippen molar-refractivity contribution in [2.45, 2.75) is 20.0 Å². The number of halogens is 1. The zero-order valence-corrected chi connectivity index (χ0v) is 18.6. The number of nitrogens with one attached hydrogen (secondary N) is 1. The highest BCUT2D eigenvalue weighted by molar-refractivity contribution is 5.77. The quantitative estimate of drug-likeness (QED) is 0.386. The van der Waals surface area contributed by atoms with E-state index >= 15 is 0 Å². The van der Waals surface area contributed by atoms with Gasteiger partial charge in [-0.3, -0.25) is 14.2 Å². The molecule has 0 saturated heterocycles. The minimum atomic E-state index is -0.362. The summed E-state index contributed by atoms with van der Waals surface area (Å²) in [6.07, 6.45) is 2.86. The van der Waals surface area contributed by atoms with Crippen LogP contribution in [0.4, 0.5) is 4.39 Å². The van der Waals surface area contributed by atoms with Crippen molar-refractivity contribution in [3.8, 4) is 11.5 Å². The Bertz CT molecular complexity index is 1330. The van der Waals surface area contributed by atoms with Crippen molar-refractivity contribution in [1.29, 1.82) is 0 Å². The third kappa shape index (κ3) is 5.58. The molecule has 10 heteroatoms. The molecular weight excluding hydrogens is 441 g/mol. The van der Waals surface area contributed by atoms with Gasteiger partial charge >= 0.3 is 0 Å². The van der Waals surface area contributed by atoms with Gasteiger partial charge in [0, 0.05) is 6.54 Å². The Morgan fingerprint density at radius 1 is 1.12 bits per heavy atom. The first-order valence-corrected chi connectivity index (χ1v) is 10.8. The van der Waals surface area contributed by atoms with Crippen molar-refractivity contribution in [3.05, 3.63) is 82.8 Å². The van der Waals surface area contributed by atoms with Gasteiger partial charge in [0.15, 0.2) is 12.3 Å².